The molecule has 1 aromatic carbocycles. The van der Waals surface area contributed by atoms with Gasteiger partial charge in [-0.15, -0.1) is 11.3 Å². The summed E-state index contributed by atoms with van der Waals surface area (Å²) in [5.74, 6) is -1.21. The van der Waals surface area contributed by atoms with E-state index < -0.39 is 35.4 Å². The zero-order valence-corrected chi connectivity index (χ0v) is 19.0. The lowest BCUT2D eigenvalue weighted by Crippen LogP contribution is -2.75. The second-order valence-corrected chi connectivity index (χ2v) is 9.78. The number of aromatic nitrogens is 2. The van der Waals surface area contributed by atoms with E-state index in [1.807, 2.05) is 32.2 Å². The van der Waals surface area contributed by atoms with Crippen LogP contribution in [0.3, 0.4) is 0 Å². The Labute approximate surface area is 192 Å². The summed E-state index contributed by atoms with van der Waals surface area (Å²) in [5, 5.41) is 12.3. The van der Waals surface area contributed by atoms with Gasteiger partial charge in [-0.1, -0.05) is 5.16 Å². The summed E-state index contributed by atoms with van der Waals surface area (Å²) >= 11 is 1.45. The van der Waals surface area contributed by atoms with Crippen molar-refractivity contribution in [3.8, 4) is 10.7 Å². The van der Waals surface area contributed by atoms with Crippen molar-refractivity contribution >= 4 is 45.8 Å². The van der Waals surface area contributed by atoms with E-state index in [1.165, 1.54) is 11.3 Å². The molecule has 2 saturated heterocycles. The highest BCUT2D eigenvalue weighted by molar-refractivity contribution is 7.13. The molecule has 2 aromatic heterocycles. The highest BCUT2D eigenvalue weighted by Crippen LogP contribution is 2.50. The van der Waals surface area contributed by atoms with Crippen LogP contribution in [-0.4, -0.2) is 52.8 Å². The first-order valence-corrected chi connectivity index (χ1v) is 11.6. The number of nitrogens with one attached hydrogen (secondary N) is 2. The van der Waals surface area contributed by atoms with Crippen molar-refractivity contribution in [3.63, 3.8) is 0 Å². The van der Waals surface area contributed by atoms with Gasteiger partial charge in [-0.05, 0) is 38.8 Å². The summed E-state index contributed by atoms with van der Waals surface area (Å²) in [6, 6.07) is 0.541. The predicted molar refractivity (Wildman–Crippen MR) is 119 cm³/mol. The van der Waals surface area contributed by atoms with Gasteiger partial charge in [0.2, 0.25) is 11.8 Å². The molecule has 33 heavy (non-hydrogen) atoms. The van der Waals surface area contributed by atoms with E-state index in [2.05, 4.69) is 25.7 Å². The van der Waals surface area contributed by atoms with Gasteiger partial charge >= 0.3 is 6.03 Å². The van der Waals surface area contributed by atoms with Crippen LogP contribution in [-0.2, 0) is 20.7 Å². The highest BCUT2D eigenvalue weighted by atomic mass is 32.1. The zero-order chi connectivity index (χ0) is 23.1. The molecule has 10 nitrogen and oxygen atoms in total. The number of amides is 4. The number of hydrogen-bond donors (Lipinski definition) is 2. The minimum Gasteiger partial charge on any atom is -0.372 e. The quantitative estimate of drug-likeness (QED) is 0.522. The second-order valence-electron chi connectivity index (χ2n) is 8.89. The summed E-state index contributed by atoms with van der Waals surface area (Å²) < 4.78 is 11.8. The van der Waals surface area contributed by atoms with Crippen LogP contribution in [0.4, 0.5) is 10.5 Å². The number of aryl methyl sites for hydroxylation is 1. The molecule has 11 heteroatoms. The Kier molecular flexibility index (Phi) is 4.21. The first-order valence-electron chi connectivity index (χ1n) is 10.7. The van der Waals surface area contributed by atoms with Crippen LogP contribution in [0, 0.1) is 12.3 Å². The third-order valence-electron chi connectivity index (χ3n) is 6.89. The summed E-state index contributed by atoms with van der Waals surface area (Å²) in [5.41, 5.74) is 2.37. The molecule has 3 aromatic rings. The topological polar surface area (TPSA) is 127 Å². The summed E-state index contributed by atoms with van der Waals surface area (Å²) in [4.78, 5) is 45.0. The fraction of sp³-hybridized carbons (Fsp3) is 0.409. The van der Waals surface area contributed by atoms with Crippen LogP contribution in [0.15, 0.2) is 22.2 Å². The van der Waals surface area contributed by atoms with E-state index in [4.69, 9.17) is 9.26 Å². The molecule has 4 amide bonds. The number of benzene rings is 1. The third-order valence-corrected chi connectivity index (χ3v) is 7.67. The van der Waals surface area contributed by atoms with Gasteiger partial charge in [-0.25, -0.2) is 9.78 Å². The number of ether oxygens (including phenoxy) is 1. The Morgan fingerprint density at radius 1 is 1.21 bits per heavy atom. The summed E-state index contributed by atoms with van der Waals surface area (Å²) in [6.07, 6.45) is 1.28. The van der Waals surface area contributed by atoms with E-state index in [0.29, 0.717) is 17.8 Å². The first kappa shape index (κ1) is 20.3. The number of thiazole rings is 1. The number of nitrogens with zero attached hydrogens (tertiary/aromatic N) is 3. The van der Waals surface area contributed by atoms with Gasteiger partial charge in [-0.2, -0.15) is 0 Å². The van der Waals surface area contributed by atoms with E-state index >= 15 is 0 Å². The Bertz CT molecular complexity index is 1310. The van der Waals surface area contributed by atoms with Crippen molar-refractivity contribution in [2.75, 3.05) is 11.4 Å². The predicted octanol–water partition coefficient (Wildman–Crippen LogP) is 2.15. The van der Waals surface area contributed by atoms with Crippen molar-refractivity contribution in [1.82, 2.24) is 20.8 Å². The monoisotopic (exact) mass is 467 g/mol. The molecular weight excluding hydrogens is 446 g/mol. The van der Waals surface area contributed by atoms with Crippen LogP contribution in [0.25, 0.3) is 21.7 Å². The molecule has 6 rings (SSSR count). The molecule has 3 aliphatic heterocycles. The molecular formula is C22H21N5O5S. The average molecular weight is 468 g/mol. The smallest absolute Gasteiger partial charge is 0.328 e. The fourth-order valence-corrected chi connectivity index (χ4v) is 6.38. The standard InChI is InChI=1S/C22H21N5O5S/c1-9-8-27-15-10(2)16-13(14(26-32-16)18-23-4-5-33-18)6-12(15)7-22(17(27)11(3)31-9)19(28)24-21(30)25-20(22)29/h4-6,9,11,17H,7-8H2,1-3H3,(H2,24,25,28,29,30)/t9-,11+,17-/m0/s1. The van der Waals surface area contributed by atoms with Gasteiger partial charge in [0.05, 0.1) is 23.6 Å². The molecule has 0 aliphatic carbocycles. The second kappa shape index (κ2) is 6.84. The number of imide groups is 2. The van der Waals surface area contributed by atoms with Gasteiger partial charge < -0.3 is 14.2 Å². The Hall–Kier alpha value is -3.31. The Balaban J connectivity index is 1.61. The minimum atomic E-state index is -1.51. The number of carbonyl (C=O) groups excluding carboxylic acids is 3. The molecule has 1 spiro atoms. The number of hydrogen-bond acceptors (Lipinski definition) is 9. The van der Waals surface area contributed by atoms with Gasteiger partial charge in [0.25, 0.3) is 0 Å². The maximum Gasteiger partial charge on any atom is 0.328 e. The largest absolute Gasteiger partial charge is 0.372 e. The molecule has 0 unspecified atom stereocenters. The van der Waals surface area contributed by atoms with Crippen molar-refractivity contribution in [1.29, 1.82) is 0 Å². The number of morpholine rings is 1. The molecule has 0 saturated carbocycles. The van der Waals surface area contributed by atoms with E-state index in [0.717, 1.165) is 27.2 Å². The molecule has 170 valence electrons. The SMILES string of the molecule is Cc1c2c(cc3c(-c4nccs4)noc13)CC1(C(=O)NC(=O)NC1=O)[C@@H]1[C@@H](C)O[C@@H](C)CN21. The number of barbiturate groups is 1. The molecule has 3 aliphatic rings. The lowest BCUT2D eigenvalue weighted by molar-refractivity contribution is -0.153. The number of urea groups is 1. The average Bonchev–Trinajstić information content (AvgIpc) is 3.41. The fourth-order valence-electron chi connectivity index (χ4n) is 5.74. The van der Waals surface area contributed by atoms with Crippen molar-refractivity contribution in [2.24, 2.45) is 5.41 Å². The molecule has 5 heterocycles. The lowest BCUT2D eigenvalue weighted by Gasteiger charge is -2.55. The van der Waals surface area contributed by atoms with Crippen molar-refractivity contribution < 1.29 is 23.6 Å². The van der Waals surface area contributed by atoms with Gasteiger partial charge in [-0.3, -0.25) is 20.2 Å². The number of anilines is 1. The van der Waals surface area contributed by atoms with Crippen LogP contribution in [0.1, 0.15) is 25.0 Å². The molecule has 2 fully saturated rings. The van der Waals surface area contributed by atoms with Crippen LogP contribution >= 0.6 is 11.3 Å². The Morgan fingerprint density at radius 3 is 2.67 bits per heavy atom. The zero-order valence-electron chi connectivity index (χ0n) is 18.2. The number of carbonyl (C=O) groups is 3. The van der Waals surface area contributed by atoms with Crippen molar-refractivity contribution in [3.05, 3.63) is 28.8 Å². The maximum absolute atomic E-state index is 13.3. The lowest BCUT2D eigenvalue weighted by atomic mass is 9.66. The molecule has 0 bridgehead atoms. The summed E-state index contributed by atoms with van der Waals surface area (Å²) in [6.45, 7) is 6.27. The Morgan fingerprint density at radius 2 is 1.97 bits per heavy atom. The summed E-state index contributed by atoms with van der Waals surface area (Å²) in [7, 11) is 0. The molecule has 0 radical (unpaired) electrons. The first-order chi connectivity index (χ1) is 15.8. The number of fused-ring (bicyclic) bond motifs is 5. The van der Waals surface area contributed by atoms with Crippen LogP contribution < -0.4 is 15.5 Å². The van der Waals surface area contributed by atoms with Gasteiger partial charge in [0.1, 0.15) is 10.7 Å². The van der Waals surface area contributed by atoms with Crippen LogP contribution in [0.2, 0.25) is 0 Å². The van der Waals surface area contributed by atoms with Crippen molar-refractivity contribution in [2.45, 2.75) is 45.4 Å². The third kappa shape index (κ3) is 2.66. The minimum absolute atomic E-state index is 0.119. The maximum atomic E-state index is 13.3. The highest BCUT2D eigenvalue weighted by Gasteiger charge is 2.63. The van der Waals surface area contributed by atoms with Gasteiger partial charge in [0.15, 0.2) is 11.0 Å². The van der Waals surface area contributed by atoms with E-state index in [-0.39, 0.29) is 12.5 Å². The van der Waals surface area contributed by atoms with E-state index in [9.17, 15) is 14.4 Å². The van der Waals surface area contributed by atoms with E-state index in [1.54, 1.807) is 6.20 Å². The molecule has 2 N–H and O–H groups in total. The molecule has 3 atom stereocenters. The number of rotatable bonds is 1. The van der Waals surface area contributed by atoms with Gasteiger partial charge in [0, 0.05) is 29.4 Å². The normalized spacial score (nSPS) is 26.2. The van der Waals surface area contributed by atoms with Crippen LogP contribution in [0.5, 0.6) is 0 Å².